The molecule has 144 valence electrons. The molecule has 1 aliphatic rings. The molecule has 0 radical (unpaired) electrons. The van der Waals surface area contributed by atoms with E-state index in [4.69, 9.17) is 4.74 Å². The molecule has 0 saturated heterocycles. The number of hydrogen-bond acceptors (Lipinski definition) is 4. The molecule has 0 aliphatic carbocycles. The van der Waals surface area contributed by atoms with Crippen molar-refractivity contribution in [2.45, 2.75) is 18.2 Å². The molecule has 8 heteroatoms. The summed E-state index contributed by atoms with van der Waals surface area (Å²) in [5, 5.41) is 2.86. The quantitative estimate of drug-likeness (QED) is 0.853. The Hall–Kier alpha value is -2.58. The topological polar surface area (TPSA) is 79.0 Å². The zero-order valence-electron chi connectivity index (χ0n) is 15.6. The van der Waals surface area contributed by atoms with E-state index < -0.39 is 10.0 Å². The van der Waals surface area contributed by atoms with E-state index in [1.165, 1.54) is 24.5 Å². The van der Waals surface area contributed by atoms with Gasteiger partial charge in [0.1, 0.15) is 5.75 Å². The van der Waals surface area contributed by atoms with Crippen molar-refractivity contribution in [1.29, 1.82) is 0 Å². The van der Waals surface area contributed by atoms with E-state index in [0.29, 0.717) is 25.3 Å². The first kappa shape index (κ1) is 19.2. The summed E-state index contributed by atoms with van der Waals surface area (Å²) in [6.07, 6.45) is 0.614. The zero-order chi connectivity index (χ0) is 19.6. The summed E-state index contributed by atoms with van der Waals surface area (Å²) in [4.78, 5) is 14.5. The van der Waals surface area contributed by atoms with Crippen LogP contribution < -0.4 is 15.0 Å². The number of fused-ring (bicyclic) bond motifs is 1. The van der Waals surface area contributed by atoms with Crippen molar-refractivity contribution in [2.75, 3.05) is 37.5 Å². The lowest BCUT2D eigenvalue weighted by Gasteiger charge is -2.19. The summed E-state index contributed by atoms with van der Waals surface area (Å²) in [7, 11) is -0.493. The fourth-order valence-corrected chi connectivity index (χ4v) is 3.91. The lowest BCUT2D eigenvalue weighted by Crippen LogP contribution is -2.33. The smallest absolute Gasteiger partial charge is 0.326 e. The second-order valence-corrected chi connectivity index (χ2v) is 8.52. The van der Waals surface area contributed by atoms with Gasteiger partial charge in [0.25, 0.3) is 0 Å². The minimum Gasteiger partial charge on any atom is -0.494 e. The molecule has 0 bridgehead atoms. The molecule has 0 saturated carbocycles. The monoisotopic (exact) mass is 389 g/mol. The number of carbonyl (C=O) groups is 1. The van der Waals surface area contributed by atoms with Gasteiger partial charge in [-0.3, -0.25) is 4.90 Å². The van der Waals surface area contributed by atoms with Crippen LogP contribution in [0.5, 0.6) is 5.75 Å². The van der Waals surface area contributed by atoms with E-state index in [2.05, 4.69) is 5.32 Å². The number of sulfonamides is 1. The number of carbonyl (C=O) groups excluding carboxylic acids is 1. The maximum Gasteiger partial charge on any atom is 0.326 e. The zero-order valence-corrected chi connectivity index (χ0v) is 16.4. The number of amides is 2. The third-order valence-electron chi connectivity index (χ3n) is 4.39. The van der Waals surface area contributed by atoms with Crippen molar-refractivity contribution in [1.82, 2.24) is 4.31 Å². The van der Waals surface area contributed by atoms with Crippen LogP contribution in [0.3, 0.4) is 0 Å². The number of benzene rings is 2. The molecule has 1 aliphatic heterocycles. The van der Waals surface area contributed by atoms with Gasteiger partial charge >= 0.3 is 6.03 Å². The van der Waals surface area contributed by atoms with Crippen molar-refractivity contribution < 1.29 is 17.9 Å². The molecule has 1 N–H and O–H groups in total. The van der Waals surface area contributed by atoms with Gasteiger partial charge in [-0.1, -0.05) is 0 Å². The van der Waals surface area contributed by atoms with Gasteiger partial charge < -0.3 is 10.1 Å². The molecule has 0 unspecified atom stereocenters. The molecule has 0 spiro atoms. The van der Waals surface area contributed by atoms with E-state index in [-0.39, 0.29) is 10.9 Å². The number of ether oxygens (including phenoxy) is 1. The second kappa shape index (κ2) is 7.58. The maximum absolute atomic E-state index is 12.6. The highest BCUT2D eigenvalue weighted by Gasteiger charge is 2.27. The summed E-state index contributed by atoms with van der Waals surface area (Å²) in [5.41, 5.74) is 2.25. The number of nitrogens with zero attached hydrogens (tertiary/aromatic N) is 2. The average molecular weight is 389 g/mol. The predicted molar refractivity (Wildman–Crippen MR) is 105 cm³/mol. The highest BCUT2D eigenvalue weighted by molar-refractivity contribution is 7.89. The fraction of sp³-hybridized carbons (Fsp3) is 0.316. The van der Waals surface area contributed by atoms with E-state index in [1.54, 1.807) is 41.3 Å². The largest absolute Gasteiger partial charge is 0.494 e. The van der Waals surface area contributed by atoms with E-state index >= 15 is 0 Å². The normalized spacial score (nSPS) is 13.6. The van der Waals surface area contributed by atoms with Gasteiger partial charge in [0, 0.05) is 32.0 Å². The van der Waals surface area contributed by atoms with Gasteiger partial charge in [0.05, 0.1) is 11.5 Å². The molecule has 2 amide bonds. The van der Waals surface area contributed by atoms with E-state index in [1.807, 2.05) is 6.92 Å². The Bertz CT molecular complexity index is 940. The number of hydrogen-bond donors (Lipinski definition) is 1. The van der Waals surface area contributed by atoms with Gasteiger partial charge in [0.2, 0.25) is 10.0 Å². The molecule has 27 heavy (non-hydrogen) atoms. The summed E-state index contributed by atoms with van der Waals surface area (Å²) in [6.45, 7) is 3.00. The molecule has 0 aromatic heterocycles. The Kier molecular flexibility index (Phi) is 5.38. The van der Waals surface area contributed by atoms with Crippen LogP contribution in [0.1, 0.15) is 12.5 Å². The van der Waals surface area contributed by atoms with Gasteiger partial charge in [-0.05, 0) is 61.4 Å². The Labute approximate surface area is 159 Å². The van der Waals surface area contributed by atoms with Crippen LogP contribution in [0.4, 0.5) is 16.2 Å². The molecule has 2 aromatic carbocycles. The highest BCUT2D eigenvalue weighted by Crippen LogP contribution is 2.31. The van der Waals surface area contributed by atoms with Crippen LogP contribution in [0.2, 0.25) is 0 Å². The molecule has 7 nitrogen and oxygen atoms in total. The van der Waals surface area contributed by atoms with Crippen molar-refractivity contribution in [3.05, 3.63) is 48.0 Å². The Balaban J connectivity index is 1.76. The van der Waals surface area contributed by atoms with Crippen LogP contribution >= 0.6 is 0 Å². The first-order valence-corrected chi connectivity index (χ1v) is 10.1. The summed E-state index contributed by atoms with van der Waals surface area (Å²) < 4.78 is 31.1. The number of nitrogens with one attached hydrogen (secondary N) is 1. The Morgan fingerprint density at radius 1 is 1.19 bits per heavy atom. The van der Waals surface area contributed by atoms with E-state index in [0.717, 1.165) is 17.0 Å². The predicted octanol–water partition coefficient (Wildman–Crippen LogP) is 2.93. The number of urea groups is 1. The van der Waals surface area contributed by atoms with E-state index in [9.17, 15) is 13.2 Å². The van der Waals surface area contributed by atoms with Gasteiger partial charge in [-0.25, -0.2) is 17.5 Å². The van der Waals surface area contributed by atoms with Gasteiger partial charge in [-0.15, -0.1) is 0 Å². The molecular weight excluding hydrogens is 366 g/mol. The Morgan fingerprint density at radius 2 is 1.89 bits per heavy atom. The summed E-state index contributed by atoms with van der Waals surface area (Å²) in [5.74, 6) is 0.747. The van der Waals surface area contributed by atoms with Crippen molar-refractivity contribution in [2.24, 2.45) is 0 Å². The molecule has 2 aromatic rings. The molecule has 0 fully saturated rings. The minimum atomic E-state index is -3.49. The van der Waals surface area contributed by atoms with Crippen LogP contribution in [0.15, 0.2) is 47.4 Å². The molecule has 1 heterocycles. The van der Waals surface area contributed by atoms with Crippen LogP contribution in [-0.2, 0) is 16.4 Å². The van der Waals surface area contributed by atoms with Gasteiger partial charge in [-0.2, -0.15) is 0 Å². The third kappa shape index (κ3) is 3.91. The second-order valence-electron chi connectivity index (χ2n) is 6.37. The van der Waals surface area contributed by atoms with Crippen LogP contribution in [-0.4, -0.2) is 46.0 Å². The third-order valence-corrected chi connectivity index (χ3v) is 6.20. The fourth-order valence-electron chi connectivity index (χ4n) is 2.95. The molecule has 3 rings (SSSR count). The minimum absolute atomic E-state index is 0.236. The highest BCUT2D eigenvalue weighted by atomic mass is 32.2. The molecular formula is C19H23N3O4S. The lowest BCUT2D eigenvalue weighted by atomic mass is 10.2. The maximum atomic E-state index is 12.6. The number of anilines is 2. The lowest BCUT2D eigenvalue weighted by molar-refractivity contribution is 0.257. The average Bonchev–Trinajstić information content (AvgIpc) is 3.06. The van der Waals surface area contributed by atoms with Crippen LogP contribution in [0, 0.1) is 0 Å². The SMILES string of the molecule is CCOc1ccc(NC(=O)N2CCc3cc(S(=O)(=O)N(C)C)ccc32)cc1. The van der Waals surface area contributed by atoms with Crippen LogP contribution in [0.25, 0.3) is 0 Å². The molecule has 0 atom stereocenters. The first-order valence-electron chi connectivity index (χ1n) is 8.69. The summed E-state index contributed by atoms with van der Waals surface area (Å²) in [6, 6.07) is 11.8. The number of rotatable bonds is 5. The van der Waals surface area contributed by atoms with Crippen molar-refractivity contribution >= 4 is 27.4 Å². The summed E-state index contributed by atoms with van der Waals surface area (Å²) >= 11 is 0. The Morgan fingerprint density at radius 3 is 2.52 bits per heavy atom. The van der Waals surface area contributed by atoms with Crippen molar-refractivity contribution in [3.63, 3.8) is 0 Å². The standard InChI is InChI=1S/C19H23N3O4S/c1-4-26-16-7-5-15(6-8-16)20-19(23)22-12-11-14-13-17(9-10-18(14)22)27(24,25)21(2)3/h5-10,13H,4,11-12H2,1-3H3,(H,20,23). The van der Waals surface area contributed by atoms with Gasteiger partial charge in [0.15, 0.2) is 0 Å². The first-order chi connectivity index (χ1) is 12.8. The van der Waals surface area contributed by atoms with Crippen molar-refractivity contribution in [3.8, 4) is 5.75 Å².